The molecule has 0 spiro atoms. The van der Waals surface area contributed by atoms with Crippen LogP contribution in [0.4, 0.5) is 24.5 Å². The number of halogens is 4. The van der Waals surface area contributed by atoms with Crippen molar-refractivity contribution in [2.75, 3.05) is 50.1 Å². The lowest BCUT2D eigenvalue weighted by Crippen LogP contribution is -2.50. The minimum atomic E-state index is -4.79. The Morgan fingerprint density at radius 2 is 1.97 bits per heavy atom. The zero-order valence-electron chi connectivity index (χ0n) is 20.5. The molecule has 1 aromatic heterocycles. The first-order valence-corrected chi connectivity index (χ1v) is 12.7. The van der Waals surface area contributed by atoms with Gasteiger partial charge >= 0.3 is 6.18 Å². The predicted molar refractivity (Wildman–Crippen MR) is 136 cm³/mol. The summed E-state index contributed by atoms with van der Waals surface area (Å²) >= 11 is 6.96. The number of nitrogens with one attached hydrogen (secondary N) is 2. The fourth-order valence-corrected chi connectivity index (χ4v) is 4.87. The molecule has 1 aromatic carbocycles. The fraction of sp³-hybridized carbons (Fsp3) is 0.458. The highest BCUT2D eigenvalue weighted by atomic mass is 35.5. The van der Waals surface area contributed by atoms with Gasteiger partial charge in [-0.15, -0.1) is 11.3 Å². The van der Waals surface area contributed by atoms with E-state index < -0.39 is 41.2 Å². The van der Waals surface area contributed by atoms with Crippen molar-refractivity contribution in [3.63, 3.8) is 0 Å². The lowest BCUT2D eigenvalue weighted by Gasteiger charge is -2.30. The summed E-state index contributed by atoms with van der Waals surface area (Å²) < 4.78 is 47.4. The third-order valence-corrected chi connectivity index (χ3v) is 6.83. The van der Waals surface area contributed by atoms with Gasteiger partial charge in [-0.05, 0) is 43.3 Å². The first-order valence-electron chi connectivity index (χ1n) is 11.5. The van der Waals surface area contributed by atoms with E-state index in [2.05, 4.69) is 10.6 Å². The van der Waals surface area contributed by atoms with Gasteiger partial charge in [-0.25, -0.2) is 0 Å². The molecule has 0 bridgehead atoms. The lowest BCUT2D eigenvalue weighted by atomic mass is 10.1. The van der Waals surface area contributed by atoms with Crippen LogP contribution in [0.25, 0.3) is 0 Å². The van der Waals surface area contributed by atoms with Crippen molar-refractivity contribution in [3.05, 3.63) is 45.1 Å². The molecule has 0 unspecified atom stereocenters. The number of thiophene rings is 1. The van der Waals surface area contributed by atoms with E-state index in [-0.39, 0.29) is 37.9 Å². The number of likely N-dealkylation sites (N-methyl/N-ethyl adjacent to an activating group) is 1. The summed E-state index contributed by atoms with van der Waals surface area (Å²) in [5.41, 5.74) is -1.46. The van der Waals surface area contributed by atoms with Gasteiger partial charge in [0.1, 0.15) is 12.6 Å². The van der Waals surface area contributed by atoms with Crippen LogP contribution in [0.1, 0.15) is 29.1 Å². The quantitative estimate of drug-likeness (QED) is 0.482. The van der Waals surface area contributed by atoms with E-state index >= 15 is 0 Å². The number of carbonyl (C=O) groups is 3. The second kappa shape index (κ2) is 12.2. The summed E-state index contributed by atoms with van der Waals surface area (Å²) in [7, 11) is 1.66. The Labute approximate surface area is 221 Å². The van der Waals surface area contributed by atoms with Gasteiger partial charge in [0.15, 0.2) is 0 Å². The SMILES string of the molecule is CC(C)CN(C)[C@@H](CNC(=O)c1ccc(Cl)s1)C(=O)Nc1ccc(N2CCOCC2=O)cc1C(F)(F)F. The first kappa shape index (κ1) is 28.9. The minimum absolute atomic E-state index is 0.0639. The zero-order valence-corrected chi connectivity index (χ0v) is 22.1. The Bertz CT molecular complexity index is 1140. The van der Waals surface area contributed by atoms with E-state index in [0.29, 0.717) is 15.8 Å². The van der Waals surface area contributed by atoms with Crippen LogP contribution in [0.3, 0.4) is 0 Å². The average Bonchev–Trinajstić information content (AvgIpc) is 3.25. The van der Waals surface area contributed by atoms with Gasteiger partial charge in [0.05, 0.1) is 27.1 Å². The number of ether oxygens (including phenoxy) is 1. The molecule has 3 rings (SSSR count). The van der Waals surface area contributed by atoms with Crippen LogP contribution in [-0.2, 0) is 20.5 Å². The number of anilines is 2. The van der Waals surface area contributed by atoms with Crippen molar-refractivity contribution in [2.45, 2.75) is 26.1 Å². The standard InChI is InChI=1S/C24H28ClF3N4O4S/c1-14(2)12-31(3)18(11-29-23(35)19-6-7-20(25)37-19)22(34)30-17-5-4-15(10-16(17)24(26,27)28)32-8-9-36-13-21(32)33/h4-7,10,14,18H,8-9,11-13H2,1-3H3,(H,29,35)(H,30,34)/t18-/m0/s1. The van der Waals surface area contributed by atoms with E-state index in [0.717, 1.165) is 23.5 Å². The number of nitrogens with zero attached hydrogens (tertiary/aromatic N) is 2. The summed E-state index contributed by atoms with van der Waals surface area (Å²) in [5, 5.41) is 5.05. The van der Waals surface area contributed by atoms with Crippen LogP contribution >= 0.6 is 22.9 Å². The molecular formula is C24H28ClF3N4O4S. The second-order valence-corrected chi connectivity index (χ2v) is 10.7. The Morgan fingerprint density at radius 3 is 2.57 bits per heavy atom. The summed E-state index contributed by atoms with van der Waals surface area (Å²) in [5.74, 6) is -1.45. The highest BCUT2D eigenvalue weighted by molar-refractivity contribution is 7.18. The van der Waals surface area contributed by atoms with Crippen LogP contribution in [0.5, 0.6) is 0 Å². The van der Waals surface area contributed by atoms with Crippen LogP contribution in [0.15, 0.2) is 30.3 Å². The van der Waals surface area contributed by atoms with Crippen molar-refractivity contribution in [1.82, 2.24) is 10.2 Å². The Morgan fingerprint density at radius 1 is 1.24 bits per heavy atom. The lowest BCUT2D eigenvalue weighted by molar-refractivity contribution is -0.137. The summed E-state index contributed by atoms with van der Waals surface area (Å²) in [6.45, 7) is 4.31. The van der Waals surface area contributed by atoms with Crippen molar-refractivity contribution in [1.29, 1.82) is 0 Å². The molecule has 0 aliphatic carbocycles. The molecular weight excluding hydrogens is 533 g/mol. The van der Waals surface area contributed by atoms with Crippen molar-refractivity contribution < 1.29 is 32.3 Å². The second-order valence-electron chi connectivity index (χ2n) is 8.98. The van der Waals surface area contributed by atoms with Crippen LogP contribution in [0.2, 0.25) is 4.34 Å². The number of hydrogen-bond donors (Lipinski definition) is 2. The Balaban J connectivity index is 1.83. The van der Waals surface area contributed by atoms with E-state index in [1.54, 1.807) is 24.1 Å². The van der Waals surface area contributed by atoms with E-state index in [1.807, 2.05) is 13.8 Å². The van der Waals surface area contributed by atoms with Crippen molar-refractivity contribution >= 4 is 52.0 Å². The smallest absolute Gasteiger partial charge is 0.370 e. The molecule has 37 heavy (non-hydrogen) atoms. The van der Waals surface area contributed by atoms with E-state index in [4.69, 9.17) is 16.3 Å². The van der Waals surface area contributed by atoms with E-state index in [1.165, 1.54) is 11.0 Å². The molecule has 3 amide bonds. The van der Waals surface area contributed by atoms with Crippen LogP contribution in [-0.4, -0.2) is 68.6 Å². The topological polar surface area (TPSA) is 91.0 Å². The molecule has 13 heteroatoms. The molecule has 1 saturated heterocycles. The molecule has 1 fully saturated rings. The van der Waals surface area contributed by atoms with Crippen LogP contribution in [0, 0.1) is 5.92 Å². The highest BCUT2D eigenvalue weighted by Crippen LogP contribution is 2.37. The van der Waals surface area contributed by atoms with Crippen molar-refractivity contribution in [3.8, 4) is 0 Å². The molecule has 0 radical (unpaired) electrons. The highest BCUT2D eigenvalue weighted by Gasteiger charge is 2.36. The molecule has 2 heterocycles. The molecule has 1 atom stereocenters. The summed E-state index contributed by atoms with van der Waals surface area (Å²) in [4.78, 5) is 41.1. The molecule has 202 valence electrons. The normalized spacial score (nSPS) is 15.3. The largest absolute Gasteiger partial charge is 0.418 e. The maximum atomic E-state index is 14.0. The predicted octanol–water partition coefficient (Wildman–Crippen LogP) is 4.11. The molecule has 1 aliphatic rings. The third-order valence-electron chi connectivity index (χ3n) is 5.60. The Kier molecular flexibility index (Phi) is 9.57. The minimum Gasteiger partial charge on any atom is -0.370 e. The number of morpholine rings is 1. The number of rotatable bonds is 9. The third kappa shape index (κ3) is 7.67. The van der Waals surface area contributed by atoms with Gasteiger partial charge in [-0.3, -0.25) is 19.3 Å². The van der Waals surface area contributed by atoms with Crippen LogP contribution < -0.4 is 15.5 Å². The number of alkyl halides is 3. The van der Waals surface area contributed by atoms with Crippen molar-refractivity contribution in [2.24, 2.45) is 5.92 Å². The van der Waals surface area contributed by atoms with E-state index in [9.17, 15) is 27.6 Å². The van der Waals surface area contributed by atoms with Gasteiger partial charge in [0.25, 0.3) is 11.8 Å². The first-order chi connectivity index (χ1) is 17.4. The Hall–Kier alpha value is -2.67. The summed E-state index contributed by atoms with van der Waals surface area (Å²) in [6.07, 6.45) is -4.79. The van der Waals surface area contributed by atoms with Gasteiger partial charge in [0, 0.05) is 25.3 Å². The molecule has 2 N–H and O–H groups in total. The maximum absolute atomic E-state index is 14.0. The molecule has 2 aromatic rings. The maximum Gasteiger partial charge on any atom is 0.418 e. The van der Waals surface area contributed by atoms with Gasteiger partial charge in [-0.1, -0.05) is 25.4 Å². The number of hydrogen-bond acceptors (Lipinski definition) is 6. The summed E-state index contributed by atoms with van der Waals surface area (Å²) in [6, 6.07) is 5.49. The number of carbonyl (C=O) groups excluding carboxylic acids is 3. The monoisotopic (exact) mass is 560 g/mol. The number of amides is 3. The number of benzene rings is 1. The molecule has 1 aliphatic heterocycles. The fourth-order valence-electron chi connectivity index (χ4n) is 3.92. The van der Waals surface area contributed by atoms with Gasteiger partial charge in [-0.2, -0.15) is 13.2 Å². The molecule has 8 nitrogen and oxygen atoms in total. The average molecular weight is 561 g/mol. The van der Waals surface area contributed by atoms with Gasteiger partial charge in [0.2, 0.25) is 5.91 Å². The molecule has 0 saturated carbocycles. The van der Waals surface area contributed by atoms with Gasteiger partial charge < -0.3 is 20.3 Å². The zero-order chi connectivity index (χ0) is 27.3.